The molecule has 3 nitrogen and oxygen atoms in total. The van der Waals surface area contributed by atoms with Gasteiger partial charge in [-0.25, -0.2) is 0 Å². The molecule has 1 aromatic carbocycles. The first-order valence-electron chi connectivity index (χ1n) is 4.33. The number of aliphatic hydroxyl groups is 1. The number of carbonyl (C=O) groups is 1. The van der Waals surface area contributed by atoms with E-state index in [-0.39, 0.29) is 6.61 Å². The van der Waals surface area contributed by atoms with Crippen molar-refractivity contribution in [1.82, 2.24) is 0 Å². The van der Waals surface area contributed by atoms with Gasteiger partial charge in [0.25, 0.3) is 5.97 Å². The summed E-state index contributed by atoms with van der Waals surface area (Å²) in [4.78, 5) is 9.00. The van der Waals surface area contributed by atoms with Crippen molar-refractivity contribution in [2.45, 2.75) is 13.3 Å². The van der Waals surface area contributed by atoms with Gasteiger partial charge in [-0.15, -0.1) is 0 Å². The number of aliphatic carboxylic acids is 1. The predicted octanol–water partition coefficient (Wildman–Crippen LogP) is 3.13. The van der Waals surface area contributed by atoms with Crippen molar-refractivity contribution in [3.63, 3.8) is 0 Å². The summed E-state index contributed by atoms with van der Waals surface area (Å²) in [6.45, 7) is 1.31. The molecule has 0 aliphatic carbocycles. The molecule has 0 spiro atoms. The summed E-state index contributed by atoms with van der Waals surface area (Å²) in [6, 6.07) is 4.19. The van der Waals surface area contributed by atoms with Crippen LogP contribution in [0.2, 0.25) is 0 Å². The van der Waals surface area contributed by atoms with E-state index in [0.29, 0.717) is 0 Å². The minimum atomic E-state index is -0.833. The van der Waals surface area contributed by atoms with Crippen LogP contribution < -0.4 is 0 Å². The van der Waals surface area contributed by atoms with Crippen molar-refractivity contribution < 1.29 is 15.0 Å². The molecule has 16 heavy (non-hydrogen) atoms. The predicted molar refractivity (Wildman–Crippen MR) is 88.7 cm³/mol. The van der Waals surface area contributed by atoms with E-state index in [0.717, 1.165) is 13.3 Å². The van der Waals surface area contributed by atoms with Crippen LogP contribution in [0, 0.1) is 10.7 Å². The van der Waals surface area contributed by atoms with Gasteiger partial charge in [0.2, 0.25) is 0 Å². The van der Waals surface area contributed by atoms with Crippen molar-refractivity contribution in [2.24, 2.45) is 0 Å². The Bertz CT molecular complexity index is 363. The van der Waals surface area contributed by atoms with E-state index >= 15 is 0 Å². The number of aliphatic hydroxyl groups excluding tert-OH is 1. The molecule has 1 rings (SSSR count). The maximum absolute atomic E-state index is 9.00. The number of benzene rings is 1. The second kappa shape index (κ2) is 8.86. The molecule has 0 atom stereocenters. The third-order valence-electron chi connectivity index (χ3n) is 1.50. The fourth-order valence-electron chi connectivity index (χ4n) is 0.910. The molecule has 0 aliphatic rings. The summed E-state index contributed by atoms with van der Waals surface area (Å²) in [6.07, 6.45) is 0.757. The number of rotatable bonds is 2. The van der Waals surface area contributed by atoms with Crippen LogP contribution in [0.1, 0.15) is 12.5 Å². The van der Waals surface area contributed by atoms with E-state index in [4.69, 9.17) is 15.0 Å². The SMILES string of the molecule is CC(=O)O.OCCc1c(I)ccc(I)c1I. The standard InChI is InChI=1S/C8H7I3O.C2H4O2/c9-6-1-2-7(10)8(11)5(6)3-4-12;1-2(3)4/h1-2,12H,3-4H2;1H3,(H,3,4). The highest BCUT2D eigenvalue weighted by Gasteiger charge is 2.06. The van der Waals surface area contributed by atoms with Gasteiger partial charge in [0.15, 0.2) is 0 Å². The fourth-order valence-corrected chi connectivity index (χ4v) is 3.39. The van der Waals surface area contributed by atoms with Gasteiger partial charge in [-0.1, -0.05) is 0 Å². The summed E-state index contributed by atoms with van der Waals surface area (Å²) < 4.78 is 3.78. The molecule has 90 valence electrons. The normalized spacial score (nSPS) is 9.31. The second-order valence-corrected chi connectivity index (χ2v) is 6.22. The Kier molecular flexibility index (Phi) is 9.33. The molecule has 0 bridgehead atoms. The van der Waals surface area contributed by atoms with Gasteiger partial charge in [-0.3, -0.25) is 4.79 Å². The van der Waals surface area contributed by atoms with E-state index in [1.165, 1.54) is 16.3 Å². The van der Waals surface area contributed by atoms with Crippen LogP contribution in [0.25, 0.3) is 0 Å². The lowest BCUT2D eigenvalue weighted by Gasteiger charge is -2.06. The number of carboxylic acids is 1. The molecule has 6 heteroatoms. The highest BCUT2D eigenvalue weighted by atomic mass is 127. The minimum absolute atomic E-state index is 0.228. The van der Waals surface area contributed by atoms with Crippen LogP contribution >= 0.6 is 67.8 Å². The van der Waals surface area contributed by atoms with Crippen molar-refractivity contribution in [3.8, 4) is 0 Å². The Hall–Kier alpha value is 0.840. The number of halogens is 3. The molecular weight excluding hydrogens is 549 g/mol. The summed E-state index contributed by atoms with van der Waals surface area (Å²) in [5.41, 5.74) is 1.27. The Balaban J connectivity index is 0.000000487. The first kappa shape index (κ1) is 16.8. The minimum Gasteiger partial charge on any atom is -0.481 e. The third-order valence-corrected chi connectivity index (χ3v) is 5.67. The molecule has 0 heterocycles. The number of carboxylic acid groups (broad SMARTS) is 1. The largest absolute Gasteiger partial charge is 0.481 e. The quantitative estimate of drug-likeness (QED) is 0.433. The van der Waals surface area contributed by atoms with E-state index in [2.05, 4.69) is 79.9 Å². The Labute approximate surface area is 135 Å². The molecule has 0 unspecified atom stereocenters. The number of hydrogen-bond acceptors (Lipinski definition) is 2. The zero-order valence-electron chi connectivity index (χ0n) is 8.51. The maximum atomic E-state index is 9.00. The van der Waals surface area contributed by atoms with Crippen LogP contribution in [-0.4, -0.2) is 22.8 Å². The average molecular weight is 560 g/mol. The molecule has 1 aromatic rings. The number of hydrogen-bond donors (Lipinski definition) is 2. The highest BCUT2D eigenvalue weighted by molar-refractivity contribution is 14.1. The maximum Gasteiger partial charge on any atom is 0.300 e. The topological polar surface area (TPSA) is 57.5 Å². The smallest absolute Gasteiger partial charge is 0.300 e. The molecule has 0 aromatic heterocycles. The van der Waals surface area contributed by atoms with Crippen molar-refractivity contribution in [1.29, 1.82) is 0 Å². The summed E-state index contributed by atoms with van der Waals surface area (Å²) >= 11 is 6.95. The van der Waals surface area contributed by atoms with Crippen LogP contribution in [0.4, 0.5) is 0 Å². The Morgan fingerprint density at radius 2 is 1.69 bits per heavy atom. The summed E-state index contributed by atoms with van der Waals surface area (Å²) in [5, 5.41) is 16.3. The highest BCUT2D eigenvalue weighted by Crippen LogP contribution is 2.24. The fraction of sp³-hybridized carbons (Fsp3) is 0.300. The lowest BCUT2D eigenvalue weighted by atomic mass is 10.2. The van der Waals surface area contributed by atoms with Gasteiger partial charge < -0.3 is 10.2 Å². The van der Waals surface area contributed by atoms with E-state index in [9.17, 15) is 0 Å². The van der Waals surface area contributed by atoms with Crippen LogP contribution in [-0.2, 0) is 11.2 Å². The van der Waals surface area contributed by atoms with Crippen LogP contribution in [0.15, 0.2) is 12.1 Å². The zero-order chi connectivity index (χ0) is 12.7. The monoisotopic (exact) mass is 560 g/mol. The van der Waals surface area contributed by atoms with Crippen LogP contribution in [0.5, 0.6) is 0 Å². The first-order chi connectivity index (χ1) is 7.40. The summed E-state index contributed by atoms with van der Waals surface area (Å²) in [5.74, 6) is -0.833. The molecular formula is C10H11I3O3. The van der Waals surface area contributed by atoms with Gasteiger partial charge in [0.05, 0.1) is 0 Å². The molecule has 0 fully saturated rings. The molecule has 0 aliphatic heterocycles. The molecule has 0 amide bonds. The zero-order valence-corrected chi connectivity index (χ0v) is 15.0. The van der Waals surface area contributed by atoms with E-state index < -0.39 is 5.97 Å². The molecule has 2 N–H and O–H groups in total. The van der Waals surface area contributed by atoms with Crippen molar-refractivity contribution in [3.05, 3.63) is 28.4 Å². The second-order valence-electron chi connectivity index (χ2n) is 2.81. The van der Waals surface area contributed by atoms with Gasteiger partial charge >= 0.3 is 0 Å². The molecule has 0 radical (unpaired) electrons. The Morgan fingerprint density at radius 1 is 1.25 bits per heavy atom. The third kappa shape index (κ3) is 6.55. The van der Waals surface area contributed by atoms with Gasteiger partial charge in [0, 0.05) is 24.2 Å². The van der Waals surface area contributed by atoms with Gasteiger partial charge in [0.1, 0.15) is 0 Å². The first-order valence-corrected chi connectivity index (χ1v) is 7.56. The lowest BCUT2D eigenvalue weighted by molar-refractivity contribution is -0.134. The lowest BCUT2D eigenvalue weighted by Crippen LogP contribution is -1.99. The van der Waals surface area contributed by atoms with Crippen molar-refractivity contribution in [2.75, 3.05) is 6.61 Å². The Morgan fingerprint density at radius 3 is 2.12 bits per heavy atom. The van der Waals surface area contributed by atoms with Gasteiger partial charge in [-0.05, 0) is 91.9 Å². The van der Waals surface area contributed by atoms with Gasteiger partial charge in [-0.2, -0.15) is 0 Å². The summed E-state index contributed by atoms with van der Waals surface area (Å²) in [7, 11) is 0. The molecule has 0 saturated heterocycles. The van der Waals surface area contributed by atoms with Crippen LogP contribution in [0.3, 0.4) is 0 Å². The van der Waals surface area contributed by atoms with E-state index in [1.54, 1.807) is 0 Å². The van der Waals surface area contributed by atoms with E-state index in [1.807, 2.05) is 0 Å². The average Bonchev–Trinajstić information content (AvgIpc) is 2.18. The van der Waals surface area contributed by atoms with Crippen molar-refractivity contribution >= 4 is 73.7 Å². The molecule has 0 saturated carbocycles.